The maximum absolute atomic E-state index is 5.95. The Balaban J connectivity index is 2.04. The van der Waals surface area contributed by atoms with Crippen molar-refractivity contribution in [3.63, 3.8) is 0 Å². The molecule has 1 atom stereocenters. The fourth-order valence-electron chi connectivity index (χ4n) is 2.23. The lowest BCUT2D eigenvalue weighted by molar-refractivity contribution is 0.267. The van der Waals surface area contributed by atoms with E-state index < -0.39 is 0 Å². The molecule has 0 aliphatic carbocycles. The summed E-state index contributed by atoms with van der Waals surface area (Å²) in [5.74, 6) is 6.41. The van der Waals surface area contributed by atoms with Crippen LogP contribution in [0, 0.1) is 0 Å². The molecule has 0 aliphatic heterocycles. The number of hydrogen-bond acceptors (Lipinski definition) is 3. The summed E-state index contributed by atoms with van der Waals surface area (Å²) in [6.07, 6.45) is 2.20. The molecular formula is C17H21ClN2O. The monoisotopic (exact) mass is 304 g/mol. The average Bonchev–Trinajstić information content (AvgIpc) is 2.49. The Morgan fingerprint density at radius 2 is 2.00 bits per heavy atom. The van der Waals surface area contributed by atoms with Gasteiger partial charge in [-0.2, -0.15) is 0 Å². The van der Waals surface area contributed by atoms with Gasteiger partial charge in [0, 0.05) is 5.02 Å². The van der Waals surface area contributed by atoms with Crippen LogP contribution in [0.25, 0.3) is 0 Å². The zero-order valence-corrected chi connectivity index (χ0v) is 12.9. The van der Waals surface area contributed by atoms with Gasteiger partial charge < -0.3 is 4.74 Å². The van der Waals surface area contributed by atoms with E-state index in [4.69, 9.17) is 22.2 Å². The molecule has 0 aliphatic rings. The molecule has 0 fully saturated rings. The van der Waals surface area contributed by atoms with E-state index in [2.05, 4.69) is 36.6 Å². The van der Waals surface area contributed by atoms with Crippen LogP contribution in [-0.4, -0.2) is 6.61 Å². The molecule has 21 heavy (non-hydrogen) atoms. The summed E-state index contributed by atoms with van der Waals surface area (Å²) in [6, 6.07) is 15.7. The minimum Gasteiger partial charge on any atom is -0.492 e. The normalized spacial score (nSPS) is 12.1. The summed E-state index contributed by atoms with van der Waals surface area (Å²) in [7, 11) is 0. The first-order valence-electron chi connectivity index (χ1n) is 7.16. The van der Waals surface area contributed by atoms with Crippen LogP contribution in [0.5, 0.6) is 5.75 Å². The van der Waals surface area contributed by atoms with Gasteiger partial charge in [-0.3, -0.25) is 5.84 Å². The molecule has 1 unspecified atom stereocenters. The van der Waals surface area contributed by atoms with Crippen LogP contribution in [0.4, 0.5) is 0 Å². The van der Waals surface area contributed by atoms with Crippen molar-refractivity contribution in [3.05, 3.63) is 64.7 Å². The van der Waals surface area contributed by atoms with Crippen molar-refractivity contribution < 1.29 is 4.74 Å². The molecule has 112 valence electrons. The van der Waals surface area contributed by atoms with Gasteiger partial charge in [-0.1, -0.05) is 55.3 Å². The van der Waals surface area contributed by atoms with Crippen LogP contribution in [0.2, 0.25) is 5.02 Å². The quantitative estimate of drug-likeness (QED) is 0.603. The molecule has 0 aromatic heterocycles. The second kappa shape index (κ2) is 8.03. The Hall–Kier alpha value is -1.55. The Morgan fingerprint density at radius 3 is 2.71 bits per heavy atom. The highest BCUT2D eigenvalue weighted by atomic mass is 35.5. The molecule has 3 nitrogen and oxygen atoms in total. The van der Waals surface area contributed by atoms with Crippen LogP contribution in [0.15, 0.2) is 48.5 Å². The van der Waals surface area contributed by atoms with E-state index in [1.54, 1.807) is 6.07 Å². The highest BCUT2D eigenvalue weighted by Crippen LogP contribution is 2.20. The van der Waals surface area contributed by atoms with Crippen LogP contribution >= 0.6 is 11.6 Å². The summed E-state index contributed by atoms with van der Waals surface area (Å²) in [5.41, 5.74) is 5.26. The van der Waals surface area contributed by atoms with Gasteiger partial charge in [-0.25, -0.2) is 5.43 Å². The average molecular weight is 305 g/mol. The Morgan fingerprint density at radius 1 is 1.19 bits per heavy atom. The molecule has 0 radical (unpaired) electrons. The van der Waals surface area contributed by atoms with E-state index in [0.29, 0.717) is 11.6 Å². The summed E-state index contributed by atoms with van der Waals surface area (Å²) in [6.45, 7) is 2.63. The number of nitrogens with two attached hydrogens (primary N) is 1. The van der Waals surface area contributed by atoms with Gasteiger partial charge in [-0.05, 0) is 35.7 Å². The summed E-state index contributed by atoms with van der Waals surface area (Å²) < 4.78 is 5.77. The number of aryl methyl sites for hydroxylation is 1. The number of rotatable bonds is 7. The first-order valence-corrected chi connectivity index (χ1v) is 7.54. The number of halogens is 1. The van der Waals surface area contributed by atoms with E-state index in [1.165, 1.54) is 5.56 Å². The van der Waals surface area contributed by atoms with Crippen LogP contribution in [0.1, 0.15) is 30.5 Å². The molecule has 2 rings (SSSR count). The van der Waals surface area contributed by atoms with E-state index in [0.717, 1.165) is 24.2 Å². The van der Waals surface area contributed by atoms with Crippen LogP contribution in [0.3, 0.4) is 0 Å². The summed E-state index contributed by atoms with van der Waals surface area (Å²) in [4.78, 5) is 0. The number of hydrazine groups is 1. The van der Waals surface area contributed by atoms with Crippen molar-refractivity contribution in [1.29, 1.82) is 0 Å². The van der Waals surface area contributed by atoms with Crippen molar-refractivity contribution in [3.8, 4) is 5.75 Å². The zero-order valence-electron chi connectivity index (χ0n) is 12.2. The fourth-order valence-corrected chi connectivity index (χ4v) is 2.41. The molecule has 3 N–H and O–H groups in total. The highest BCUT2D eigenvalue weighted by Gasteiger charge is 2.11. The maximum atomic E-state index is 5.95. The third-order valence-electron chi connectivity index (χ3n) is 3.31. The molecule has 2 aromatic rings. The molecular weight excluding hydrogens is 284 g/mol. The third-order valence-corrected chi connectivity index (χ3v) is 3.54. The number of ether oxygens (including phenoxy) is 1. The standard InChI is InChI=1S/C17H21ClN2O/c1-2-5-13-6-3-7-14(10-13)17(20-19)12-21-16-9-4-8-15(18)11-16/h3-4,6-11,17,20H,2,5,12,19H2,1H3. The SMILES string of the molecule is CCCc1cccc(C(COc2cccc(Cl)c2)NN)c1. The lowest BCUT2D eigenvalue weighted by atomic mass is 10.0. The van der Waals surface area contributed by atoms with E-state index >= 15 is 0 Å². The Labute approximate surface area is 131 Å². The largest absolute Gasteiger partial charge is 0.492 e. The number of benzene rings is 2. The lowest BCUT2D eigenvalue weighted by Gasteiger charge is -2.18. The van der Waals surface area contributed by atoms with Gasteiger partial charge in [0.15, 0.2) is 0 Å². The highest BCUT2D eigenvalue weighted by molar-refractivity contribution is 6.30. The first kappa shape index (κ1) is 15.8. The molecule has 0 spiro atoms. The van der Waals surface area contributed by atoms with E-state index in [9.17, 15) is 0 Å². The Kier molecular flexibility index (Phi) is 6.05. The number of nitrogens with one attached hydrogen (secondary N) is 1. The minimum atomic E-state index is -0.0548. The van der Waals surface area contributed by atoms with Gasteiger partial charge in [0.2, 0.25) is 0 Å². The van der Waals surface area contributed by atoms with Gasteiger partial charge in [-0.15, -0.1) is 0 Å². The number of hydrogen-bond donors (Lipinski definition) is 2. The third kappa shape index (κ3) is 4.74. The summed E-state index contributed by atoms with van der Waals surface area (Å²) >= 11 is 5.95. The van der Waals surface area contributed by atoms with Gasteiger partial charge in [0.25, 0.3) is 0 Å². The second-order valence-corrected chi connectivity index (χ2v) is 5.42. The topological polar surface area (TPSA) is 47.3 Å². The van der Waals surface area contributed by atoms with Gasteiger partial charge >= 0.3 is 0 Å². The van der Waals surface area contributed by atoms with Crippen molar-refractivity contribution in [2.24, 2.45) is 5.84 Å². The minimum absolute atomic E-state index is 0.0548. The van der Waals surface area contributed by atoms with Gasteiger partial charge in [0.05, 0.1) is 6.04 Å². The van der Waals surface area contributed by atoms with Crippen LogP contribution < -0.4 is 16.0 Å². The predicted molar refractivity (Wildman–Crippen MR) is 87.4 cm³/mol. The van der Waals surface area contributed by atoms with Gasteiger partial charge in [0.1, 0.15) is 12.4 Å². The molecule has 0 saturated heterocycles. The molecule has 0 saturated carbocycles. The van der Waals surface area contributed by atoms with Crippen molar-refractivity contribution in [2.45, 2.75) is 25.8 Å². The molecule has 0 bridgehead atoms. The lowest BCUT2D eigenvalue weighted by Crippen LogP contribution is -2.32. The van der Waals surface area contributed by atoms with Crippen molar-refractivity contribution >= 4 is 11.6 Å². The van der Waals surface area contributed by atoms with E-state index in [1.807, 2.05) is 18.2 Å². The smallest absolute Gasteiger partial charge is 0.120 e. The first-order chi connectivity index (χ1) is 10.2. The molecule has 2 aromatic carbocycles. The Bertz CT molecular complexity index is 574. The zero-order chi connectivity index (χ0) is 15.1. The second-order valence-electron chi connectivity index (χ2n) is 4.98. The van der Waals surface area contributed by atoms with Crippen LogP contribution in [-0.2, 0) is 6.42 Å². The summed E-state index contributed by atoms with van der Waals surface area (Å²) in [5, 5.41) is 0.662. The van der Waals surface area contributed by atoms with Crippen molar-refractivity contribution in [1.82, 2.24) is 5.43 Å². The maximum Gasteiger partial charge on any atom is 0.120 e. The van der Waals surface area contributed by atoms with E-state index in [-0.39, 0.29) is 6.04 Å². The predicted octanol–water partition coefficient (Wildman–Crippen LogP) is 3.88. The molecule has 0 heterocycles. The fraction of sp³-hybridized carbons (Fsp3) is 0.294. The molecule has 0 amide bonds. The van der Waals surface area contributed by atoms with Crippen molar-refractivity contribution in [2.75, 3.05) is 6.61 Å². The molecule has 4 heteroatoms.